The SMILES string of the molecule is COc1ccc2nc(NC(=O)CC3CCCN3)sc2c1.Cl. The fourth-order valence-electron chi connectivity index (χ4n) is 2.41. The summed E-state index contributed by atoms with van der Waals surface area (Å²) in [5.74, 6) is 0.824. The van der Waals surface area contributed by atoms with Crippen LogP contribution in [0.2, 0.25) is 0 Å². The van der Waals surface area contributed by atoms with Crippen molar-refractivity contribution in [2.75, 3.05) is 19.0 Å². The number of hydrogen-bond acceptors (Lipinski definition) is 5. The largest absolute Gasteiger partial charge is 0.497 e. The number of amides is 1. The molecule has 0 spiro atoms. The van der Waals surface area contributed by atoms with Gasteiger partial charge in [-0.05, 0) is 37.6 Å². The zero-order valence-electron chi connectivity index (χ0n) is 11.7. The van der Waals surface area contributed by atoms with E-state index in [-0.39, 0.29) is 18.3 Å². The third-order valence-corrected chi connectivity index (χ3v) is 4.37. The predicted molar refractivity (Wildman–Crippen MR) is 87.7 cm³/mol. The molecule has 1 aliphatic rings. The van der Waals surface area contributed by atoms with Gasteiger partial charge in [-0.25, -0.2) is 4.98 Å². The van der Waals surface area contributed by atoms with E-state index in [1.54, 1.807) is 7.11 Å². The molecule has 1 aromatic carbocycles. The summed E-state index contributed by atoms with van der Waals surface area (Å²) >= 11 is 1.47. The van der Waals surface area contributed by atoms with Crippen LogP contribution in [0.25, 0.3) is 10.2 Å². The van der Waals surface area contributed by atoms with Crippen molar-refractivity contribution in [3.05, 3.63) is 18.2 Å². The fraction of sp³-hybridized carbons (Fsp3) is 0.429. The van der Waals surface area contributed by atoms with Crippen molar-refractivity contribution < 1.29 is 9.53 Å². The molecule has 3 rings (SSSR count). The molecule has 7 heteroatoms. The molecule has 1 aliphatic heterocycles. The van der Waals surface area contributed by atoms with E-state index in [9.17, 15) is 4.79 Å². The standard InChI is InChI=1S/C14H17N3O2S.ClH/c1-19-10-4-5-11-12(8-10)20-14(16-11)17-13(18)7-9-3-2-6-15-9;/h4-5,8-9,15H,2-3,6-7H2,1H3,(H,16,17,18);1H. The molecule has 0 saturated carbocycles. The van der Waals surface area contributed by atoms with E-state index in [4.69, 9.17) is 4.74 Å². The van der Waals surface area contributed by atoms with Crippen LogP contribution in [0.15, 0.2) is 18.2 Å². The van der Waals surface area contributed by atoms with Crippen LogP contribution < -0.4 is 15.4 Å². The second-order valence-electron chi connectivity index (χ2n) is 4.90. The van der Waals surface area contributed by atoms with E-state index < -0.39 is 0 Å². The van der Waals surface area contributed by atoms with Gasteiger partial charge < -0.3 is 15.4 Å². The summed E-state index contributed by atoms with van der Waals surface area (Å²) in [7, 11) is 1.64. The number of hydrogen-bond donors (Lipinski definition) is 2. The molecular formula is C14H18ClN3O2S. The number of thiazole rings is 1. The lowest BCUT2D eigenvalue weighted by molar-refractivity contribution is -0.116. The molecule has 2 heterocycles. The molecule has 1 unspecified atom stereocenters. The summed E-state index contributed by atoms with van der Waals surface area (Å²) in [4.78, 5) is 16.4. The van der Waals surface area contributed by atoms with E-state index >= 15 is 0 Å². The molecule has 1 fully saturated rings. The summed E-state index contributed by atoms with van der Waals surface area (Å²) in [6.45, 7) is 1.01. The maximum absolute atomic E-state index is 12.0. The zero-order valence-corrected chi connectivity index (χ0v) is 13.4. The lowest BCUT2D eigenvalue weighted by Crippen LogP contribution is -2.27. The second-order valence-corrected chi connectivity index (χ2v) is 5.93. The highest BCUT2D eigenvalue weighted by atomic mass is 35.5. The van der Waals surface area contributed by atoms with E-state index in [1.807, 2.05) is 18.2 Å². The summed E-state index contributed by atoms with van der Waals surface area (Å²) in [6.07, 6.45) is 2.74. The van der Waals surface area contributed by atoms with Crippen molar-refractivity contribution in [2.24, 2.45) is 0 Å². The maximum atomic E-state index is 12.0. The first-order chi connectivity index (χ1) is 9.74. The topological polar surface area (TPSA) is 63.2 Å². The molecule has 5 nitrogen and oxygen atoms in total. The molecule has 2 N–H and O–H groups in total. The lowest BCUT2D eigenvalue weighted by atomic mass is 10.1. The van der Waals surface area contributed by atoms with E-state index in [2.05, 4.69) is 15.6 Å². The van der Waals surface area contributed by atoms with Gasteiger partial charge in [0, 0.05) is 12.5 Å². The Hall–Kier alpha value is -1.37. The van der Waals surface area contributed by atoms with Crippen molar-refractivity contribution in [1.82, 2.24) is 10.3 Å². The van der Waals surface area contributed by atoms with Crippen molar-refractivity contribution >= 4 is 45.0 Å². The Balaban J connectivity index is 0.00000161. The minimum Gasteiger partial charge on any atom is -0.497 e. The van der Waals surface area contributed by atoms with Gasteiger partial charge in [0.05, 0.1) is 17.3 Å². The van der Waals surface area contributed by atoms with E-state index in [1.165, 1.54) is 11.3 Å². The molecule has 1 atom stereocenters. The molecule has 1 aromatic heterocycles. The van der Waals surface area contributed by atoms with Gasteiger partial charge in [0.15, 0.2) is 5.13 Å². The first-order valence-electron chi connectivity index (χ1n) is 6.72. The Morgan fingerprint density at radius 3 is 3.14 bits per heavy atom. The Morgan fingerprint density at radius 1 is 1.57 bits per heavy atom. The highest BCUT2D eigenvalue weighted by Gasteiger charge is 2.18. The number of anilines is 1. The quantitative estimate of drug-likeness (QED) is 0.906. The van der Waals surface area contributed by atoms with E-state index in [0.29, 0.717) is 17.6 Å². The van der Waals surface area contributed by atoms with Gasteiger partial charge >= 0.3 is 0 Å². The van der Waals surface area contributed by atoms with Gasteiger partial charge in [-0.15, -0.1) is 12.4 Å². The molecule has 1 amide bonds. The normalized spacial score (nSPS) is 17.5. The van der Waals surface area contributed by atoms with Crippen LogP contribution in [0, 0.1) is 0 Å². The van der Waals surface area contributed by atoms with Gasteiger partial charge in [-0.1, -0.05) is 11.3 Å². The third-order valence-electron chi connectivity index (χ3n) is 3.44. The lowest BCUT2D eigenvalue weighted by Gasteiger charge is -2.08. The summed E-state index contributed by atoms with van der Waals surface area (Å²) < 4.78 is 6.20. The van der Waals surface area contributed by atoms with Gasteiger partial charge in [-0.3, -0.25) is 4.79 Å². The zero-order chi connectivity index (χ0) is 13.9. The Kier molecular flexibility index (Phi) is 5.39. The van der Waals surface area contributed by atoms with Crippen molar-refractivity contribution in [3.63, 3.8) is 0 Å². The summed E-state index contributed by atoms with van der Waals surface area (Å²) in [6, 6.07) is 6.01. The minimum absolute atomic E-state index is 0. The number of benzene rings is 1. The molecule has 0 radical (unpaired) electrons. The second kappa shape index (κ2) is 7.06. The van der Waals surface area contributed by atoms with Crippen molar-refractivity contribution in [3.8, 4) is 5.75 Å². The average Bonchev–Trinajstić information content (AvgIpc) is 3.06. The van der Waals surface area contributed by atoms with Crippen LogP contribution in [-0.2, 0) is 4.79 Å². The highest BCUT2D eigenvalue weighted by Crippen LogP contribution is 2.29. The molecule has 21 heavy (non-hydrogen) atoms. The minimum atomic E-state index is 0. The Bertz CT molecular complexity index is 626. The number of aromatic nitrogens is 1. The van der Waals surface area contributed by atoms with E-state index in [0.717, 1.165) is 35.4 Å². The maximum Gasteiger partial charge on any atom is 0.227 e. The molecule has 2 aromatic rings. The van der Waals surface area contributed by atoms with Crippen LogP contribution in [-0.4, -0.2) is 30.6 Å². The number of carbonyl (C=O) groups excluding carboxylic acids is 1. The highest BCUT2D eigenvalue weighted by molar-refractivity contribution is 7.22. The van der Waals surface area contributed by atoms with Crippen LogP contribution >= 0.6 is 23.7 Å². The molecule has 0 bridgehead atoms. The van der Waals surface area contributed by atoms with Crippen LogP contribution in [0.5, 0.6) is 5.75 Å². The number of ether oxygens (including phenoxy) is 1. The van der Waals surface area contributed by atoms with Gasteiger partial charge in [0.2, 0.25) is 5.91 Å². The first kappa shape index (κ1) is 16.0. The number of methoxy groups -OCH3 is 1. The third kappa shape index (κ3) is 3.84. The first-order valence-corrected chi connectivity index (χ1v) is 7.54. The van der Waals surface area contributed by atoms with Crippen LogP contribution in [0.3, 0.4) is 0 Å². The van der Waals surface area contributed by atoms with Crippen LogP contribution in [0.1, 0.15) is 19.3 Å². The number of rotatable bonds is 4. The number of halogens is 1. The monoisotopic (exact) mass is 327 g/mol. The van der Waals surface area contributed by atoms with Crippen molar-refractivity contribution in [1.29, 1.82) is 0 Å². The Labute approximate surface area is 133 Å². The number of fused-ring (bicyclic) bond motifs is 1. The molecule has 114 valence electrons. The smallest absolute Gasteiger partial charge is 0.227 e. The fourth-order valence-corrected chi connectivity index (χ4v) is 3.32. The molecule has 1 saturated heterocycles. The number of nitrogens with one attached hydrogen (secondary N) is 2. The number of nitrogens with zero attached hydrogens (tertiary/aromatic N) is 1. The molecule has 0 aliphatic carbocycles. The number of carbonyl (C=O) groups is 1. The van der Waals surface area contributed by atoms with Crippen molar-refractivity contribution in [2.45, 2.75) is 25.3 Å². The summed E-state index contributed by atoms with van der Waals surface area (Å²) in [5, 5.41) is 6.85. The summed E-state index contributed by atoms with van der Waals surface area (Å²) in [5.41, 5.74) is 0.880. The van der Waals surface area contributed by atoms with Gasteiger partial charge in [-0.2, -0.15) is 0 Å². The van der Waals surface area contributed by atoms with Gasteiger partial charge in [0.25, 0.3) is 0 Å². The molecular weight excluding hydrogens is 310 g/mol. The van der Waals surface area contributed by atoms with Gasteiger partial charge in [0.1, 0.15) is 5.75 Å². The Morgan fingerprint density at radius 2 is 2.43 bits per heavy atom. The predicted octanol–water partition coefficient (Wildman–Crippen LogP) is 2.81. The van der Waals surface area contributed by atoms with Crippen LogP contribution in [0.4, 0.5) is 5.13 Å². The average molecular weight is 328 g/mol.